The van der Waals surface area contributed by atoms with Gasteiger partial charge in [-0.05, 0) is 50.0 Å². The van der Waals surface area contributed by atoms with Crippen molar-refractivity contribution in [1.82, 2.24) is 4.90 Å². The van der Waals surface area contributed by atoms with Gasteiger partial charge in [0, 0.05) is 17.8 Å². The molecule has 156 valence electrons. The van der Waals surface area contributed by atoms with Gasteiger partial charge in [-0.2, -0.15) is 0 Å². The average molecular weight is 410 g/mol. The number of allylic oxidation sites excluding steroid dienone is 2. The molecule has 8 nitrogen and oxygen atoms in total. The summed E-state index contributed by atoms with van der Waals surface area (Å²) in [7, 11) is 0. The van der Waals surface area contributed by atoms with Gasteiger partial charge in [0.25, 0.3) is 11.6 Å². The molecule has 0 radical (unpaired) electrons. The summed E-state index contributed by atoms with van der Waals surface area (Å²) >= 11 is 0. The number of ether oxygens (including phenoxy) is 1. The van der Waals surface area contributed by atoms with Crippen molar-refractivity contribution in [1.29, 1.82) is 0 Å². The van der Waals surface area contributed by atoms with Crippen LogP contribution in [0.5, 0.6) is 0 Å². The molecule has 2 aromatic rings. The normalized spacial score (nSPS) is 13.7. The van der Waals surface area contributed by atoms with Gasteiger partial charge in [0.05, 0.1) is 23.3 Å². The van der Waals surface area contributed by atoms with Gasteiger partial charge in [-0.25, -0.2) is 4.79 Å². The minimum atomic E-state index is -0.753. The maximum Gasteiger partial charge on any atom is 0.331 e. The van der Waals surface area contributed by atoms with Crippen molar-refractivity contribution in [2.24, 2.45) is 0 Å². The Hall–Kier alpha value is -3.68. The molecule has 1 aliphatic rings. The number of para-hydroxylation sites is 1. The van der Waals surface area contributed by atoms with Gasteiger partial charge in [-0.1, -0.05) is 18.2 Å². The first-order valence-electron chi connectivity index (χ1n) is 9.64. The van der Waals surface area contributed by atoms with E-state index in [-0.39, 0.29) is 23.7 Å². The van der Waals surface area contributed by atoms with Crippen LogP contribution < -0.4 is 0 Å². The second-order valence-corrected chi connectivity index (χ2v) is 6.76. The van der Waals surface area contributed by atoms with E-state index < -0.39 is 17.5 Å². The third kappa shape index (κ3) is 5.66. The number of nitro benzene ring substituents is 1. The van der Waals surface area contributed by atoms with Crippen LogP contribution in [0.4, 0.5) is 5.69 Å². The van der Waals surface area contributed by atoms with E-state index in [0.29, 0.717) is 5.76 Å². The molecule has 0 aliphatic heterocycles. The highest BCUT2D eigenvalue weighted by Gasteiger charge is 2.22. The molecule has 0 saturated heterocycles. The highest BCUT2D eigenvalue weighted by molar-refractivity contribution is 5.90. The van der Waals surface area contributed by atoms with E-state index in [4.69, 9.17) is 9.15 Å². The zero-order valence-electron chi connectivity index (χ0n) is 16.4. The molecule has 0 spiro atoms. The zero-order valence-corrected chi connectivity index (χ0v) is 16.4. The number of benzene rings is 1. The van der Waals surface area contributed by atoms with Crippen LogP contribution in [-0.2, 0) is 20.9 Å². The smallest absolute Gasteiger partial charge is 0.331 e. The maximum atomic E-state index is 12.7. The molecular formula is C22H22N2O6. The molecule has 1 aromatic carbocycles. The SMILES string of the molecule is O=C(/C=C/c1ccccc1[N+](=O)[O-])OCC(=O)N(Cc1ccco1)C1=CCCCC1. The van der Waals surface area contributed by atoms with Crippen LogP contribution in [0.1, 0.15) is 37.0 Å². The molecule has 0 unspecified atom stereocenters. The number of nitrogens with zero attached hydrogens (tertiary/aromatic N) is 2. The van der Waals surface area contributed by atoms with E-state index in [1.807, 2.05) is 6.08 Å². The Balaban J connectivity index is 1.62. The van der Waals surface area contributed by atoms with Crippen molar-refractivity contribution >= 4 is 23.6 Å². The van der Waals surface area contributed by atoms with Crippen LogP contribution in [-0.4, -0.2) is 28.3 Å². The highest BCUT2D eigenvalue weighted by Crippen LogP contribution is 2.23. The quantitative estimate of drug-likeness (QED) is 0.279. The lowest BCUT2D eigenvalue weighted by Gasteiger charge is -2.26. The van der Waals surface area contributed by atoms with Gasteiger partial charge < -0.3 is 14.1 Å². The third-order valence-corrected chi connectivity index (χ3v) is 4.68. The standard InChI is InChI=1S/C22H22N2O6/c25-21(23(15-19-10-6-14-29-19)18-8-2-1-3-9-18)16-30-22(26)13-12-17-7-4-5-11-20(17)24(27)28/h4-8,10-14H,1-3,9,15-16H2/b13-12+. The molecule has 1 heterocycles. The minimum Gasteiger partial charge on any atom is -0.467 e. The number of amides is 1. The van der Waals surface area contributed by atoms with Gasteiger partial charge in [0.15, 0.2) is 6.61 Å². The Labute approximate surface area is 173 Å². The van der Waals surface area contributed by atoms with Crippen LogP contribution >= 0.6 is 0 Å². The Bertz CT molecular complexity index is 962. The average Bonchev–Trinajstić information content (AvgIpc) is 3.28. The number of carbonyl (C=O) groups is 2. The Kier molecular flexibility index (Phi) is 7.15. The summed E-state index contributed by atoms with van der Waals surface area (Å²) in [6, 6.07) is 9.57. The molecule has 0 N–H and O–H groups in total. The summed E-state index contributed by atoms with van der Waals surface area (Å²) < 4.78 is 10.4. The second-order valence-electron chi connectivity index (χ2n) is 6.76. The van der Waals surface area contributed by atoms with Crippen molar-refractivity contribution in [3.05, 3.63) is 81.9 Å². The fourth-order valence-electron chi connectivity index (χ4n) is 3.19. The molecule has 0 bridgehead atoms. The largest absolute Gasteiger partial charge is 0.467 e. The van der Waals surface area contributed by atoms with Crippen molar-refractivity contribution in [3.63, 3.8) is 0 Å². The molecule has 0 saturated carbocycles. The summed E-state index contributed by atoms with van der Waals surface area (Å²) in [6.07, 6.45) is 9.69. The summed E-state index contributed by atoms with van der Waals surface area (Å²) in [5.41, 5.74) is 1.05. The molecule has 30 heavy (non-hydrogen) atoms. The highest BCUT2D eigenvalue weighted by atomic mass is 16.6. The van der Waals surface area contributed by atoms with Gasteiger partial charge >= 0.3 is 5.97 Å². The van der Waals surface area contributed by atoms with Crippen molar-refractivity contribution in [3.8, 4) is 0 Å². The lowest BCUT2D eigenvalue weighted by Crippen LogP contribution is -2.34. The van der Waals surface area contributed by atoms with Crippen LogP contribution in [0.3, 0.4) is 0 Å². The summed E-state index contributed by atoms with van der Waals surface area (Å²) in [5.74, 6) is -0.471. The number of nitro groups is 1. The zero-order chi connectivity index (χ0) is 21.3. The van der Waals surface area contributed by atoms with Crippen LogP contribution in [0.2, 0.25) is 0 Å². The van der Waals surface area contributed by atoms with E-state index in [1.54, 1.807) is 35.4 Å². The van der Waals surface area contributed by atoms with Gasteiger partial charge in [0.2, 0.25) is 0 Å². The molecular weight excluding hydrogens is 388 g/mol. The third-order valence-electron chi connectivity index (χ3n) is 4.68. The summed E-state index contributed by atoms with van der Waals surface area (Å²) in [6.45, 7) is -0.167. The van der Waals surface area contributed by atoms with E-state index >= 15 is 0 Å². The second kappa shape index (κ2) is 10.2. The number of furan rings is 1. The number of carbonyl (C=O) groups excluding carboxylic acids is 2. The van der Waals surface area contributed by atoms with Crippen LogP contribution in [0.15, 0.2) is 64.9 Å². The van der Waals surface area contributed by atoms with Crippen LogP contribution in [0, 0.1) is 10.1 Å². The Morgan fingerprint density at radius 2 is 2.03 bits per heavy atom. The summed E-state index contributed by atoms with van der Waals surface area (Å²) in [5, 5.41) is 11.0. The van der Waals surface area contributed by atoms with Crippen molar-refractivity contribution in [2.75, 3.05) is 6.61 Å². The number of rotatable bonds is 8. The Morgan fingerprint density at radius 1 is 1.20 bits per heavy atom. The maximum absolute atomic E-state index is 12.7. The molecule has 1 aromatic heterocycles. The molecule has 1 aliphatic carbocycles. The van der Waals surface area contributed by atoms with Crippen LogP contribution in [0.25, 0.3) is 6.08 Å². The van der Waals surface area contributed by atoms with Crippen molar-refractivity contribution < 1.29 is 23.7 Å². The molecule has 8 heteroatoms. The lowest BCUT2D eigenvalue weighted by molar-refractivity contribution is -0.385. The van der Waals surface area contributed by atoms with E-state index in [0.717, 1.165) is 37.5 Å². The van der Waals surface area contributed by atoms with Gasteiger partial charge in [-0.3, -0.25) is 14.9 Å². The van der Waals surface area contributed by atoms with E-state index in [9.17, 15) is 19.7 Å². The van der Waals surface area contributed by atoms with E-state index in [1.165, 1.54) is 18.2 Å². The number of esters is 1. The predicted molar refractivity (Wildman–Crippen MR) is 109 cm³/mol. The van der Waals surface area contributed by atoms with Gasteiger partial charge in [-0.15, -0.1) is 0 Å². The monoisotopic (exact) mass is 410 g/mol. The number of hydrogen-bond acceptors (Lipinski definition) is 6. The molecule has 1 amide bonds. The molecule has 3 rings (SSSR count). The van der Waals surface area contributed by atoms with E-state index in [2.05, 4.69) is 0 Å². The first kappa shape index (κ1) is 21.0. The van der Waals surface area contributed by atoms with Crippen molar-refractivity contribution in [2.45, 2.75) is 32.2 Å². The Morgan fingerprint density at radius 3 is 2.73 bits per heavy atom. The minimum absolute atomic E-state index is 0.119. The summed E-state index contributed by atoms with van der Waals surface area (Å²) in [4.78, 5) is 36.9. The topological polar surface area (TPSA) is 103 Å². The number of hydrogen-bond donors (Lipinski definition) is 0. The molecule has 0 fully saturated rings. The first-order valence-corrected chi connectivity index (χ1v) is 9.64. The fraction of sp³-hybridized carbons (Fsp3) is 0.273. The lowest BCUT2D eigenvalue weighted by atomic mass is 10.0. The predicted octanol–water partition coefficient (Wildman–Crippen LogP) is 4.23. The van der Waals surface area contributed by atoms with Gasteiger partial charge in [0.1, 0.15) is 5.76 Å². The fourth-order valence-corrected chi connectivity index (χ4v) is 3.19. The first-order chi connectivity index (χ1) is 14.5. The molecule has 0 atom stereocenters.